The second-order valence-corrected chi connectivity index (χ2v) is 6.95. The number of piperidine rings is 1. The maximum atomic E-state index is 12.7. The Morgan fingerprint density at radius 1 is 1.26 bits per heavy atom. The lowest BCUT2D eigenvalue weighted by molar-refractivity contribution is -0.134. The molecular formula is C20H29ClN4O2. The van der Waals surface area contributed by atoms with E-state index >= 15 is 0 Å². The van der Waals surface area contributed by atoms with Crippen LogP contribution in [-0.4, -0.2) is 46.5 Å². The van der Waals surface area contributed by atoms with Gasteiger partial charge in [-0.25, -0.2) is 4.98 Å². The SMILES string of the molecule is CCCN(C(=O)CCCc1nc2ccccc2c(=O)[nH]1)C1CCNCC1.Cl. The predicted molar refractivity (Wildman–Crippen MR) is 110 cm³/mol. The summed E-state index contributed by atoms with van der Waals surface area (Å²) >= 11 is 0. The fourth-order valence-electron chi connectivity index (χ4n) is 3.67. The highest BCUT2D eigenvalue weighted by atomic mass is 35.5. The van der Waals surface area contributed by atoms with E-state index in [1.54, 1.807) is 6.07 Å². The molecule has 0 bridgehead atoms. The molecule has 1 aromatic heterocycles. The summed E-state index contributed by atoms with van der Waals surface area (Å²) < 4.78 is 0. The number of para-hydroxylation sites is 1. The molecular weight excluding hydrogens is 364 g/mol. The zero-order chi connectivity index (χ0) is 18.4. The molecule has 1 amide bonds. The third kappa shape index (κ3) is 5.53. The minimum absolute atomic E-state index is 0. The van der Waals surface area contributed by atoms with Crippen LogP contribution >= 0.6 is 12.4 Å². The average molecular weight is 393 g/mol. The van der Waals surface area contributed by atoms with Crippen LogP contribution in [0.5, 0.6) is 0 Å². The molecule has 0 saturated carbocycles. The van der Waals surface area contributed by atoms with Crippen molar-refractivity contribution < 1.29 is 4.79 Å². The smallest absolute Gasteiger partial charge is 0.258 e. The first-order valence-corrected chi connectivity index (χ1v) is 9.67. The number of hydrogen-bond acceptors (Lipinski definition) is 4. The first kappa shape index (κ1) is 21.4. The van der Waals surface area contributed by atoms with Crippen LogP contribution in [0.2, 0.25) is 0 Å². The molecule has 2 N–H and O–H groups in total. The first-order valence-electron chi connectivity index (χ1n) is 9.67. The van der Waals surface area contributed by atoms with Gasteiger partial charge in [-0.05, 0) is 50.9 Å². The molecule has 1 aromatic carbocycles. The van der Waals surface area contributed by atoms with Crippen LogP contribution in [0.3, 0.4) is 0 Å². The average Bonchev–Trinajstić information content (AvgIpc) is 2.67. The standard InChI is InChI=1S/C20H28N4O2.ClH/c1-2-14-24(15-10-12-21-13-11-15)19(25)9-5-8-18-22-17-7-4-3-6-16(17)20(26)23-18;/h3-4,6-7,15,21H,2,5,8-14H2,1H3,(H,22,23,26);1H. The van der Waals surface area contributed by atoms with Crippen molar-refractivity contribution in [1.82, 2.24) is 20.2 Å². The molecule has 1 saturated heterocycles. The van der Waals surface area contributed by atoms with Gasteiger partial charge in [-0.2, -0.15) is 0 Å². The number of nitrogens with one attached hydrogen (secondary N) is 2. The van der Waals surface area contributed by atoms with Crippen LogP contribution in [0.1, 0.15) is 44.9 Å². The van der Waals surface area contributed by atoms with Gasteiger partial charge in [-0.3, -0.25) is 9.59 Å². The van der Waals surface area contributed by atoms with E-state index in [9.17, 15) is 9.59 Å². The van der Waals surface area contributed by atoms with Crippen LogP contribution in [0.15, 0.2) is 29.1 Å². The van der Waals surface area contributed by atoms with Gasteiger partial charge in [-0.1, -0.05) is 19.1 Å². The summed E-state index contributed by atoms with van der Waals surface area (Å²) in [4.78, 5) is 34.3. The number of carbonyl (C=O) groups excluding carboxylic acids is 1. The van der Waals surface area contributed by atoms with E-state index in [1.807, 2.05) is 18.2 Å². The Bertz CT molecular complexity index is 802. The topological polar surface area (TPSA) is 78.1 Å². The fraction of sp³-hybridized carbons (Fsp3) is 0.550. The van der Waals surface area contributed by atoms with Crippen molar-refractivity contribution in [1.29, 1.82) is 0 Å². The summed E-state index contributed by atoms with van der Waals surface area (Å²) in [5, 5.41) is 3.96. The fourth-order valence-corrected chi connectivity index (χ4v) is 3.67. The van der Waals surface area contributed by atoms with Gasteiger partial charge in [0.2, 0.25) is 5.91 Å². The van der Waals surface area contributed by atoms with Crippen molar-refractivity contribution in [2.45, 2.75) is 51.5 Å². The number of hydrogen-bond donors (Lipinski definition) is 2. The lowest BCUT2D eigenvalue weighted by atomic mass is 10.0. The highest BCUT2D eigenvalue weighted by Crippen LogP contribution is 2.15. The third-order valence-corrected chi connectivity index (χ3v) is 5.00. The highest BCUT2D eigenvalue weighted by molar-refractivity contribution is 5.85. The van der Waals surface area contributed by atoms with Gasteiger partial charge in [0.25, 0.3) is 5.56 Å². The molecule has 2 aromatic rings. The van der Waals surface area contributed by atoms with Gasteiger partial charge in [0.1, 0.15) is 5.82 Å². The Morgan fingerprint density at radius 2 is 2.00 bits per heavy atom. The monoisotopic (exact) mass is 392 g/mol. The molecule has 0 spiro atoms. The van der Waals surface area contributed by atoms with Gasteiger partial charge < -0.3 is 15.2 Å². The molecule has 2 heterocycles. The number of aromatic nitrogens is 2. The lowest BCUT2D eigenvalue weighted by Crippen LogP contribution is -2.46. The van der Waals surface area contributed by atoms with Gasteiger partial charge in [0.05, 0.1) is 10.9 Å². The minimum atomic E-state index is -0.112. The van der Waals surface area contributed by atoms with Gasteiger partial charge >= 0.3 is 0 Å². The Kier molecular flexibility index (Phi) is 8.25. The quantitative estimate of drug-likeness (QED) is 0.759. The molecule has 148 valence electrons. The van der Waals surface area contributed by atoms with E-state index in [-0.39, 0.29) is 23.9 Å². The number of aryl methyl sites for hydroxylation is 1. The van der Waals surface area contributed by atoms with Crippen molar-refractivity contribution in [3.8, 4) is 0 Å². The molecule has 1 aliphatic heterocycles. The Hall–Kier alpha value is -1.92. The van der Waals surface area contributed by atoms with E-state index < -0.39 is 0 Å². The number of aromatic amines is 1. The highest BCUT2D eigenvalue weighted by Gasteiger charge is 2.24. The van der Waals surface area contributed by atoms with E-state index in [0.717, 1.165) is 38.9 Å². The lowest BCUT2D eigenvalue weighted by Gasteiger charge is -2.34. The summed E-state index contributed by atoms with van der Waals surface area (Å²) in [7, 11) is 0. The maximum absolute atomic E-state index is 12.7. The first-order chi connectivity index (χ1) is 12.7. The van der Waals surface area contributed by atoms with E-state index in [0.29, 0.717) is 42.0 Å². The Morgan fingerprint density at radius 3 is 2.74 bits per heavy atom. The molecule has 0 atom stereocenters. The number of rotatable bonds is 7. The van der Waals surface area contributed by atoms with Crippen LogP contribution in [0.25, 0.3) is 10.9 Å². The molecule has 0 unspecified atom stereocenters. The number of H-pyrrole nitrogens is 1. The number of nitrogens with zero attached hydrogens (tertiary/aromatic N) is 2. The van der Waals surface area contributed by atoms with Crippen molar-refractivity contribution in [2.75, 3.05) is 19.6 Å². The Balaban J connectivity index is 0.00000261. The zero-order valence-corrected chi connectivity index (χ0v) is 16.7. The summed E-state index contributed by atoms with van der Waals surface area (Å²) in [6.45, 7) is 4.92. The van der Waals surface area contributed by atoms with Crippen LogP contribution < -0.4 is 10.9 Å². The van der Waals surface area contributed by atoms with Crippen LogP contribution in [-0.2, 0) is 11.2 Å². The molecule has 1 fully saturated rings. The summed E-state index contributed by atoms with van der Waals surface area (Å²) in [5.74, 6) is 0.882. The molecule has 3 rings (SSSR count). The Labute approximate surface area is 166 Å². The van der Waals surface area contributed by atoms with Crippen molar-refractivity contribution in [3.63, 3.8) is 0 Å². The molecule has 6 nitrogen and oxygen atoms in total. The van der Waals surface area contributed by atoms with E-state index in [1.165, 1.54) is 0 Å². The molecule has 0 radical (unpaired) electrons. The molecule has 7 heteroatoms. The van der Waals surface area contributed by atoms with Crippen LogP contribution in [0, 0.1) is 0 Å². The molecule has 1 aliphatic rings. The van der Waals surface area contributed by atoms with Gasteiger partial charge in [0.15, 0.2) is 0 Å². The number of carbonyl (C=O) groups is 1. The summed E-state index contributed by atoms with van der Waals surface area (Å²) in [6, 6.07) is 7.70. The number of amides is 1. The predicted octanol–water partition coefficient (Wildman–Crippen LogP) is 2.66. The maximum Gasteiger partial charge on any atom is 0.258 e. The van der Waals surface area contributed by atoms with Crippen molar-refractivity contribution >= 4 is 29.2 Å². The van der Waals surface area contributed by atoms with Gasteiger partial charge in [-0.15, -0.1) is 12.4 Å². The third-order valence-electron chi connectivity index (χ3n) is 5.00. The second kappa shape index (κ2) is 10.4. The second-order valence-electron chi connectivity index (χ2n) is 6.95. The van der Waals surface area contributed by atoms with Crippen molar-refractivity contribution in [2.24, 2.45) is 0 Å². The van der Waals surface area contributed by atoms with Crippen LogP contribution in [0.4, 0.5) is 0 Å². The van der Waals surface area contributed by atoms with E-state index in [4.69, 9.17) is 0 Å². The van der Waals surface area contributed by atoms with Crippen molar-refractivity contribution in [3.05, 3.63) is 40.4 Å². The van der Waals surface area contributed by atoms with E-state index in [2.05, 4.69) is 27.1 Å². The summed E-state index contributed by atoms with van der Waals surface area (Å²) in [6.07, 6.45) is 4.86. The number of halogens is 1. The molecule has 27 heavy (non-hydrogen) atoms. The number of fused-ring (bicyclic) bond motifs is 1. The zero-order valence-electron chi connectivity index (χ0n) is 15.9. The summed E-state index contributed by atoms with van der Waals surface area (Å²) in [5.41, 5.74) is 0.596. The normalized spacial score (nSPS) is 14.7. The largest absolute Gasteiger partial charge is 0.340 e. The minimum Gasteiger partial charge on any atom is -0.340 e. The number of benzene rings is 1. The van der Waals surface area contributed by atoms with Gasteiger partial charge in [0, 0.05) is 25.4 Å². The molecule has 0 aliphatic carbocycles.